The summed E-state index contributed by atoms with van der Waals surface area (Å²) in [4.78, 5) is 0. The van der Waals surface area contributed by atoms with E-state index in [4.69, 9.17) is 0 Å². The van der Waals surface area contributed by atoms with Gasteiger partial charge in [-0.2, -0.15) is 5.10 Å². The maximum atomic E-state index is 4.40. The van der Waals surface area contributed by atoms with Crippen molar-refractivity contribution >= 4 is 5.71 Å². The summed E-state index contributed by atoms with van der Waals surface area (Å²) in [5.74, 6) is 0.388. The fraction of sp³-hybridized carbons (Fsp3) is 0.417. The first kappa shape index (κ1) is 10.8. The summed E-state index contributed by atoms with van der Waals surface area (Å²) in [7, 11) is 3.89. The molecule has 0 radical (unpaired) electrons. The molecule has 0 heterocycles. The summed E-state index contributed by atoms with van der Waals surface area (Å²) >= 11 is 0. The number of hydrogen-bond acceptors (Lipinski definition) is 2. The van der Waals surface area contributed by atoms with Crippen LogP contribution in [-0.2, 0) is 0 Å². The molecule has 1 rings (SSSR count). The van der Waals surface area contributed by atoms with Gasteiger partial charge in [-0.25, -0.2) is 0 Å². The minimum absolute atomic E-state index is 0.388. The van der Waals surface area contributed by atoms with Crippen LogP contribution in [0.15, 0.2) is 35.4 Å². The molecule has 0 N–H and O–H groups in total. The second kappa shape index (κ2) is 4.80. The maximum absolute atomic E-state index is 4.40. The van der Waals surface area contributed by atoms with Gasteiger partial charge in [0.1, 0.15) is 0 Å². The first-order valence-electron chi connectivity index (χ1n) is 4.88. The van der Waals surface area contributed by atoms with Crippen molar-refractivity contribution < 1.29 is 0 Å². The predicted molar refractivity (Wildman–Crippen MR) is 61.7 cm³/mol. The van der Waals surface area contributed by atoms with Crippen LogP contribution in [0.1, 0.15) is 25.3 Å². The Balaban J connectivity index is 2.81. The molecule has 0 saturated carbocycles. The first-order valence-corrected chi connectivity index (χ1v) is 4.88. The highest BCUT2D eigenvalue weighted by molar-refractivity contribution is 5.88. The van der Waals surface area contributed by atoms with Crippen molar-refractivity contribution in [2.24, 2.45) is 5.10 Å². The highest BCUT2D eigenvalue weighted by Gasteiger charge is 2.08. The number of rotatable bonds is 3. The van der Waals surface area contributed by atoms with E-state index in [1.54, 1.807) is 0 Å². The van der Waals surface area contributed by atoms with Gasteiger partial charge in [0, 0.05) is 25.7 Å². The first-order chi connectivity index (χ1) is 6.61. The zero-order valence-electron chi connectivity index (χ0n) is 9.36. The molecule has 0 aromatic heterocycles. The van der Waals surface area contributed by atoms with Crippen molar-refractivity contribution in [3.63, 3.8) is 0 Å². The van der Waals surface area contributed by atoms with Gasteiger partial charge in [-0.3, -0.25) is 0 Å². The van der Waals surface area contributed by atoms with Crippen molar-refractivity contribution in [1.29, 1.82) is 0 Å². The van der Waals surface area contributed by atoms with Crippen molar-refractivity contribution in [2.75, 3.05) is 14.1 Å². The van der Waals surface area contributed by atoms with Crippen LogP contribution < -0.4 is 0 Å². The third-order valence-corrected chi connectivity index (χ3v) is 2.28. The third kappa shape index (κ3) is 2.87. The molecule has 0 amide bonds. The van der Waals surface area contributed by atoms with Crippen LogP contribution in [0, 0.1) is 0 Å². The molecule has 0 aliphatic carbocycles. The number of hydrazone groups is 1. The van der Waals surface area contributed by atoms with Gasteiger partial charge >= 0.3 is 0 Å². The zero-order chi connectivity index (χ0) is 10.6. The Labute approximate surface area is 86.2 Å². The van der Waals surface area contributed by atoms with E-state index in [9.17, 15) is 0 Å². The van der Waals surface area contributed by atoms with Crippen LogP contribution in [0.4, 0.5) is 0 Å². The second-order valence-electron chi connectivity index (χ2n) is 3.72. The Morgan fingerprint density at radius 3 is 2.29 bits per heavy atom. The van der Waals surface area contributed by atoms with Gasteiger partial charge in [0.15, 0.2) is 0 Å². The van der Waals surface area contributed by atoms with Crippen LogP contribution >= 0.6 is 0 Å². The molecule has 0 spiro atoms. The van der Waals surface area contributed by atoms with E-state index < -0.39 is 0 Å². The lowest BCUT2D eigenvalue weighted by Gasteiger charge is -2.14. The quantitative estimate of drug-likeness (QED) is 0.528. The molecule has 2 nitrogen and oxygen atoms in total. The Kier molecular flexibility index (Phi) is 3.69. The molecule has 1 aromatic carbocycles. The van der Waals surface area contributed by atoms with E-state index in [2.05, 4.69) is 43.2 Å². The van der Waals surface area contributed by atoms with E-state index in [0.717, 1.165) is 5.71 Å². The monoisotopic (exact) mass is 190 g/mol. The van der Waals surface area contributed by atoms with Crippen LogP contribution in [0.25, 0.3) is 0 Å². The van der Waals surface area contributed by atoms with Gasteiger partial charge in [0.05, 0.1) is 0 Å². The predicted octanol–water partition coefficient (Wildman–Crippen LogP) is 2.73. The van der Waals surface area contributed by atoms with E-state index >= 15 is 0 Å². The molecule has 0 fully saturated rings. The number of benzene rings is 1. The van der Waals surface area contributed by atoms with Crippen molar-refractivity contribution in [2.45, 2.75) is 19.8 Å². The highest BCUT2D eigenvalue weighted by Crippen LogP contribution is 2.16. The molecule has 2 heteroatoms. The summed E-state index contributed by atoms with van der Waals surface area (Å²) in [6.45, 7) is 4.25. The lowest BCUT2D eigenvalue weighted by molar-refractivity contribution is 0.435. The van der Waals surface area contributed by atoms with Gasteiger partial charge in [0.2, 0.25) is 0 Å². The summed E-state index contributed by atoms with van der Waals surface area (Å²) in [5, 5.41) is 6.25. The average molecular weight is 190 g/mol. The molecule has 1 unspecified atom stereocenters. The number of nitrogens with zero attached hydrogens (tertiary/aromatic N) is 2. The molecule has 14 heavy (non-hydrogen) atoms. The molecule has 0 bridgehead atoms. The second-order valence-corrected chi connectivity index (χ2v) is 3.72. The summed E-state index contributed by atoms with van der Waals surface area (Å²) in [6.07, 6.45) is 0. The Morgan fingerprint density at radius 2 is 1.79 bits per heavy atom. The number of hydrogen-bond donors (Lipinski definition) is 0. The summed E-state index contributed by atoms with van der Waals surface area (Å²) in [6, 6.07) is 10.4. The van der Waals surface area contributed by atoms with Gasteiger partial charge in [-0.05, 0) is 12.5 Å². The van der Waals surface area contributed by atoms with Gasteiger partial charge in [-0.1, -0.05) is 37.3 Å². The minimum atomic E-state index is 0.388. The minimum Gasteiger partial charge on any atom is -0.303 e. The standard InChI is InChI=1S/C12H18N2/c1-10(11(2)13-14(3)4)12-8-6-5-7-9-12/h5-10H,1-4H3. The Bertz CT molecular complexity index is 301. The molecular weight excluding hydrogens is 172 g/mol. The van der Waals surface area contributed by atoms with E-state index in [0.29, 0.717) is 5.92 Å². The summed E-state index contributed by atoms with van der Waals surface area (Å²) < 4.78 is 0. The molecule has 76 valence electrons. The maximum Gasteiger partial charge on any atom is 0.0421 e. The lowest BCUT2D eigenvalue weighted by atomic mass is 9.97. The fourth-order valence-electron chi connectivity index (χ4n) is 1.38. The average Bonchev–Trinajstić information content (AvgIpc) is 2.17. The SMILES string of the molecule is CC(=NN(C)C)C(C)c1ccccc1. The molecule has 1 atom stereocenters. The molecule has 0 saturated heterocycles. The van der Waals surface area contributed by atoms with Gasteiger partial charge < -0.3 is 5.01 Å². The highest BCUT2D eigenvalue weighted by atomic mass is 15.4. The van der Waals surface area contributed by atoms with Gasteiger partial charge in [0.25, 0.3) is 0 Å². The lowest BCUT2D eigenvalue weighted by Crippen LogP contribution is -2.11. The van der Waals surface area contributed by atoms with Crippen LogP contribution in [0.5, 0.6) is 0 Å². The topological polar surface area (TPSA) is 15.6 Å². The molecule has 0 aliphatic heterocycles. The zero-order valence-corrected chi connectivity index (χ0v) is 9.36. The smallest absolute Gasteiger partial charge is 0.0421 e. The van der Waals surface area contributed by atoms with Crippen molar-refractivity contribution in [3.05, 3.63) is 35.9 Å². The van der Waals surface area contributed by atoms with E-state index in [1.165, 1.54) is 5.56 Å². The van der Waals surface area contributed by atoms with E-state index in [1.807, 2.05) is 25.2 Å². The fourth-order valence-corrected chi connectivity index (χ4v) is 1.38. The molecular formula is C12H18N2. The Morgan fingerprint density at radius 1 is 1.21 bits per heavy atom. The largest absolute Gasteiger partial charge is 0.303 e. The van der Waals surface area contributed by atoms with Crippen LogP contribution in [-0.4, -0.2) is 24.8 Å². The summed E-state index contributed by atoms with van der Waals surface area (Å²) in [5.41, 5.74) is 2.46. The normalized spacial score (nSPS) is 13.9. The van der Waals surface area contributed by atoms with Crippen molar-refractivity contribution in [1.82, 2.24) is 5.01 Å². The van der Waals surface area contributed by atoms with Crippen molar-refractivity contribution in [3.8, 4) is 0 Å². The van der Waals surface area contributed by atoms with Gasteiger partial charge in [-0.15, -0.1) is 0 Å². The van der Waals surface area contributed by atoms with Crippen LogP contribution in [0.3, 0.4) is 0 Å². The molecule has 0 aliphatic rings. The van der Waals surface area contributed by atoms with Crippen LogP contribution in [0.2, 0.25) is 0 Å². The van der Waals surface area contributed by atoms with E-state index in [-0.39, 0.29) is 0 Å². The third-order valence-electron chi connectivity index (χ3n) is 2.28. The molecule has 1 aromatic rings. The Hall–Kier alpha value is -1.31.